The first-order chi connectivity index (χ1) is 9.08. The minimum absolute atomic E-state index is 0.0819. The summed E-state index contributed by atoms with van der Waals surface area (Å²) in [6, 6.07) is 5.71. The fourth-order valence-corrected chi connectivity index (χ4v) is 1.90. The maximum atomic E-state index is 13.4. The van der Waals surface area contributed by atoms with E-state index in [1.165, 1.54) is 12.1 Å². The number of carbonyl (C=O) groups excluding carboxylic acids is 1. The monoisotopic (exact) mass is 264 g/mol. The highest BCUT2D eigenvalue weighted by molar-refractivity contribution is 5.81. The Morgan fingerprint density at radius 1 is 1.32 bits per heavy atom. The van der Waals surface area contributed by atoms with E-state index in [4.69, 9.17) is 0 Å². The van der Waals surface area contributed by atoms with Crippen molar-refractivity contribution >= 4 is 5.78 Å². The molecule has 5 heteroatoms. The predicted molar refractivity (Wildman–Crippen MR) is 66.6 cm³/mol. The van der Waals surface area contributed by atoms with Crippen LogP contribution in [0.3, 0.4) is 0 Å². The number of aromatic nitrogens is 2. The van der Waals surface area contributed by atoms with E-state index < -0.39 is 11.6 Å². The molecule has 0 atom stereocenters. The van der Waals surface area contributed by atoms with Gasteiger partial charge in [0.2, 0.25) is 0 Å². The van der Waals surface area contributed by atoms with Crippen molar-refractivity contribution in [2.24, 2.45) is 7.05 Å². The summed E-state index contributed by atoms with van der Waals surface area (Å²) in [7, 11) is 1.80. The summed E-state index contributed by atoms with van der Waals surface area (Å²) < 4.78 is 28.1. The Kier molecular flexibility index (Phi) is 4.04. The molecule has 0 saturated heterocycles. The van der Waals surface area contributed by atoms with Crippen LogP contribution in [-0.2, 0) is 24.7 Å². The van der Waals surface area contributed by atoms with Crippen LogP contribution in [0.2, 0.25) is 0 Å². The first-order valence-corrected chi connectivity index (χ1v) is 5.99. The van der Waals surface area contributed by atoms with E-state index in [0.29, 0.717) is 6.42 Å². The van der Waals surface area contributed by atoms with Gasteiger partial charge in [0, 0.05) is 31.8 Å². The topological polar surface area (TPSA) is 34.9 Å². The van der Waals surface area contributed by atoms with Gasteiger partial charge >= 0.3 is 0 Å². The molecule has 0 N–H and O–H groups in total. The molecule has 1 aromatic heterocycles. The largest absolute Gasteiger partial charge is 0.299 e. The molecular weight excluding hydrogens is 250 g/mol. The molecular formula is C14H14F2N2O. The Morgan fingerprint density at radius 2 is 2.11 bits per heavy atom. The predicted octanol–water partition coefficient (Wildman–Crippen LogP) is 2.44. The van der Waals surface area contributed by atoms with Gasteiger partial charge in [0.25, 0.3) is 0 Å². The van der Waals surface area contributed by atoms with Gasteiger partial charge in [0.15, 0.2) is 11.6 Å². The molecule has 0 bridgehead atoms. The summed E-state index contributed by atoms with van der Waals surface area (Å²) in [4.78, 5) is 11.8. The lowest BCUT2D eigenvalue weighted by Gasteiger charge is -2.04. The van der Waals surface area contributed by atoms with Crippen molar-refractivity contribution in [2.75, 3.05) is 0 Å². The van der Waals surface area contributed by atoms with Crippen molar-refractivity contribution in [3.63, 3.8) is 0 Å². The Bertz CT molecular complexity index is 593. The minimum atomic E-state index is -0.934. The van der Waals surface area contributed by atoms with Crippen LogP contribution in [0.15, 0.2) is 30.5 Å². The highest BCUT2D eigenvalue weighted by Crippen LogP contribution is 2.13. The smallest absolute Gasteiger partial charge is 0.162 e. The number of benzene rings is 1. The summed E-state index contributed by atoms with van der Waals surface area (Å²) in [6.45, 7) is 0. The summed E-state index contributed by atoms with van der Waals surface area (Å²) in [5.74, 6) is -1.97. The van der Waals surface area contributed by atoms with Crippen LogP contribution in [0.4, 0.5) is 8.78 Å². The maximum absolute atomic E-state index is 13.4. The molecule has 100 valence electrons. The van der Waals surface area contributed by atoms with Gasteiger partial charge in [-0.1, -0.05) is 12.1 Å². The molecule has 0 spiro atoms. The van der Waals surface area contributed by atoms with E-state index in [9.17, 15) is 13.6 Å². The van der Waals surface area contributed by atoms with Gasteiger partial charge in [-0.3, -0.25) is 9.48 Å². The Balaban J connectivity index is 1.95. The number of hydrogen-bond acceptors (Lipinski definition) is 2. The zero-order chi connectivity index (χ0) is 13.8. The first kappa shape index (κ1) is 13.4. The second kappa shape index (κ2) is 5.73. The third-order valence-corrected chi connectivity index (χ3v) is 3.00. The number of nitrogens with zero attached hydrogens (tertiary/aromatic N) is 2. The molecule has 19 heavy (non-hydrogen) atoms. The van der Waals surface area contributed by atoms with E-state index in [0.717, 1.165) is 11.8 Å². The van der Waals surface area contributed by atoms with Gasteiger partial charge in [-0.05, 0) is 24.1 Å². The summed E-state index contributed by atoms with van der Waals surface area (Å²) in [6.07, 6.45) is 2.41. The number of aryl methyl sites for hydroxylation is 2. The maximum Gasteiger partial charge on any atom is 0.162 e. The van der Waals surface area contributed by atoms with E-state index in [1.807, 2.05) is 6.07 Å². The number of rotatable bonds is 5. The van der Waals surface area contributed by atoms with E-state index >= 15 is 0 Å². The van der Waals surface area contributed by atoms with Gasteiger partial charge in [0.05, 0.1) is 0 Å². The fraction of sp³-hybridized carbons (Fsp3) is 0.286. The number of halogens is 2. The lowest BCUT2D eigenvalue weighted by atomic mass is 10.0. The fourth-order valence-electron chi connectivity index (χ4n) is 1.90. The van der Waals surface area contributed by atoms with Crippen molar-refractivity contribution in [3.05, 3.63) is 53.4 Å². The van der Waals surface area contributed by atoms with Crippen LogP contribution < -0.4 is 0 Å². The van der Waals surface area contributed by atoms with Crippen LogP contribution >= 0.6 is 0 Å². The first-order valence-electron chi connectivity index (χ1n) is 5.99. The van der Waals surface area contributed by atoms with Crippen molar-refractivity contribution < 1.29 is 13.6 Å². The molecule has 0 fully saturated rings. The van der Waals surface area contributed by atoms with Crippen molar-refractivity contribution in [1.82, 2.24) is 9.78 Å². The minimum Gasteiger partial charge on any atom is -0.299 e. The van der Waals surface area contributed by atoms with Crippen molar-refractivity contribution in [1.29, 1.82) is 0 Å². The molecule has 0 aliphatic carbocycles. The van der Waals surface area contributed by atoms with Gasteiger partial charge in [0.1, 0.15) is 5.78 Å². The zero-order valence-electron chi connectivity index (χ0n) is 10.6. The van der Waals surface area contributed by atoms with E-state index in [1.54, 1.807) is 17.9 Å². The molecule has 0 unspecified atom stereocenters. The quantitative estimate of drug-likeness (QED) is 0.831. The van der Waals surface area contributed by atoms with Gasteiger partial charge < -0.3 is 0 Å². The molecule has 0 aliphatic rings. The molecule has 0 radical (unpaired) electrons. The number of carbonyl (C=O) groups is 1. The average molecular weight is 264 g/mol. The van der Waals surface area contributed by atoms with Gasteiger partial charge in [-0.15, -0.1) is 0 Å². The third kappa shape index (κ3) is 3.24. The molecule has 3 nitrogen and oxygen atoms in total. The standard InChI is InChI=1S/C14H14F2N2O/c1-18-11(7-8-17-18)5-6-12(19)9-10-3-2-4-13(15)14(10)16/h2-4,7-8H,5-6,9H2,1H3. The van der Waals surface area contributed by atoms with E-state index in [-0.39, 0.29) is 24.2 Å². The summed E-state index contributed by atoms with van der Waals surface area (Å²) in [5.41, 5.74) is 1.04. The van der Waals surface area contributed by atoms with Crippen molar-refractivity contribution in [3.8, 4) is 0 Å². The summed E-state index contributed by atoms with van der Waals surface area (Å²) >= 11 is 0. The van der Waals surface area contributed by atoms with Gasteiger partial charge in [-0.25, -0.2) is 8.78 Å². The molecule has 2 aromatic rings. The third-order valence-electron chi connectivity index (χ3n) is 3.00. The summed E-state index contributed by atoms with van der Waals surface area (Å²) in [5, 5.41) is 4.00. The second-order valence-electron chi connectivity index (χ2n) is 4.37. The Labute approximate surface area is 109 Å². The normalized spacial score (nSPS) is 10.7. The highest BCUT2D eigenvalue weighted by Gasteiger charge is 2.12. The molecule has 1 heterocycles. The van der Waals surface area contributed by atoms with Crippen LogP contribution in [0.5, 0.6) is 0 Å². The van der Waals surface area contributed by atoms with E-state index in [2.05, 4.69) is 5.10 Å². The van der Waals surface area contributed by atoms with Crippen LogP contribution in [0.1, 0.15) is 17.7 Å². The highest BCUT2D eigenvalue weighted by atomic mass is 19.2. The lowest BCUT2D eigenvalue weighted by molar-refractivity contribution is -0.118. The number of Topliss-reactive ketones (excluding diaryl/α,β-unsaturated/α-hetero) is 1. The Hall–Kier alpha value is -2.04. The molecule has 0 aliphatic heterocycles. The molecule has 0 saturated carbocycles. The zero-order valence-corrected chi connectivity index (χ0v) is 10.6. The molecule has 1 aromatic carbocycles. The lowest BCUT2D eigenvalue weighted by Crippen LogP contribution is -2.08. The van der Waals surface area contributed by atoms with Crippen LogP contribution in [0, 0.1) is 11.6 Å². The molecule has 2 rings (SSSR count). The number of hydrogen-bond donors (Lipinski definition) is 0. The van der Waals surface area contributed by atoms with Crippen LogP contribution in [0.25, 0.3) is 0 Å². The average Bonchev–Trinajstić information content (AvgIpc) is 2.78. The Morgan fingerprint density at radius 3 is 2.79 bits per heavy atom. The van der Waals surface area contributed by atoms with Crippen LogP contribution in [-0.4, -0.2) is 15.6 Å². The SMILES string of the molecule is Cn1nccc1CCC(=O)Cc1cccc(F)c1F. The van der Waals surface area contributed by atoms with Gasteiger partial charge in [-0.2, -0.15) is 5.10 Å². The second-order valence-corrected chi connectivity index (χ2v) is 4.37. The van der Waals surface area contributed by atoms with Crippen molar-refractivity contribution in [2.45, 2.75) is 19.3 Å². The number of ketones is 1. The molecule has 0 amide bonds.